The number of benzene rings is 1. The van der Waals surface area contributed by atoms with Gasteiger partial charge in [0.1, 0.15) is 0 Å². The van der Waals surface area contributed by atoms with E-state index in [1.54, 1.807) is 0 Å². The zero-order valence-electron chi connectivity index (χ0n) is 8.48. The molecule has 0 heterocycles. The summed E-state index contributed by atoms with van der Waals surface area (Å²) in [5.74, 6) is 0. The molecule has 0 amide bonds. The van der Waals surface area contributed by atoms with Crippen LogP contribution in [0.25, 0.3) is 0 Å². The second kappa shape index (κ2) is 5.75. The lowest BCUT2D eigenvalue weighted by molar-refractivity contribution is 0.236. The Bertz CT molecular complexity index is 251. The number of nitrogens with one attached hydrogen (secondary N) is 1. The van der Waals surface area contributed by atoms with E-state index in [0.29, 0.717) is 6.54 Å². The maximum Gasteiger partial charge on any atom is 0.0626 e. The van der Waals surface area contributed by atoms with Crippen LogP contribution in [0, 0.1) is 0 Å². The Morgan fingerprint density at radius 2 is 2.00 bits per heavy atom. The highest BCUT2D eigenvalue weighted by Gasteiger charge is 2.11. The Labute approximate surface area is 84.9 Å². The molecule has 0 bridgehead atoms. The van der Waals surface area contributed by atoms with Crippen LogP contribution in [0.2, 0.25) is 0 Å². The van der Waals surface area contributed by atoms with E-state index >= 15 is 0 Å². The molecule has 3 heteroatoms. The summed E-state index contributed by atoms with van der Waals surface area (Å²) in [6.07, 6.45) is 0. The zero-order valence-corrected chi connectivity index (χ0v) is 8.48. The molecular weight excluding hydrogens is 176 g/mol. The van der Waals surface area contributed by atoms with Gasteiger partial charge in [-0.3, -0.25) is 0 Å². The molecular formula is C11H18N2O. The van der Waals surface area contributed by atoms with Crippen molar-refractivity contribution in [2.24, 2.45) is 5.73 Å². The third-order valence-corrected chi connectivity index (χ3v) is 2.22. The molecule has 2 atom stereocenters. The van der Waals surface area contributed by atoms with Gasteiger partial charge in [0.25, 0.3) is 0 Å². The summed E-state index contributed by atoms with van der Waals surface area (Å²) in [4.78, 5) is 0. The number of aliphatic hydroxyl groups excluding tert-OH is 1. The summed E-state index contributed by atoms with van der Waals surface area (Å²) in [7, 11) is 0. The summed E-state index contributed by atoms with van der Waals surface area (Å²) in [5.41, 5.74) is 6.60. The van der Waals surface area contributed by atoms with Crippen LogP contribution in [0.3, 0.4) is 0 Å². The second-order valence-corrected chi connectivity index (χ2v) is 3.45. The topological polar surface area (TPSA) is 58.3 Å². The predicted octanol–water partition coefficient (Wildman–Crippen LogP) is 0.657. The van der Waals surface area contributed by atoms with Crippen LogP contribution >= 0.6 is 0 Å². The van der Waals surface area contributed by atoms with E-state index < -0.39 is 0 Å². The highest BCUT2D eigenvalue weighted by molar-refractivity contribution is 5.19. The molecule has 4 N–H and O–H groups in total. The average molecular weight is 194 g/mol. The van der Waals surface area contributed by atoms with Gasteiger partial charge in [-0.1, -0.05) is 30.3 Å². The van der Waals surface area contributed by atoms with Crippen LogP contribution in [-0.2, 0) is 0 Å². The molecule has 14 heavy (non-hydrogen) atoms. The zero-order chi connectivity index (χ0) is 10.4. The van der Waals surface area contributed by atoms with Crippen molar-refractivity contribution in [3.8, 4) is 0 Å². The highest BCUT2D eigenvalue weighted by Crippen LogP contribution is 2.11. The lowest BCUT2D eigenvalue weighted by Crippen LogP contribution is -2.37. The van der Waals surface area contributed by atoms with Crippen molar-refractivity contribution in [1.82, 2.24) is 5.32 Å². The molecule has 1 aromatic rings. The Balaban J connectivity index is 2.63. The molecule has 1 rings (SSSR count). The fourth-order valence-corrected chi connectivity index (χ4v) is 1.35. The molecule has 0 saturated carbocycles. The quantitative estimate of drug-likeness (QED) is 0.645. The smallest absolute Gasteiger partial charge is 0.0626 e. The normalized spacial score (nSPS) is 15.1. The van der Waals surface area contributed by atoms with Crippen molar-refractivity contribution in [3.05, 3.63) is 35.9 Å². The molecule has 0 aliphatic carbocycles. The van der Waals surface area contributed by atoms with Crippen LogP contribution in [0.1, 0.15) is 18.5 Å². The first-order valence-corrected chi connectivity index (χ1v) is 4.90. The van der Waals surface area contributed by atoms with E-state index in [4.69, 9.17) is 5.73 Å². The summed E-state index contributed by atoms with van der Waals surface area (Å²) < 4.78 is 0. The first-order chi connectivity index (χ1) is 6.77. The predicted molar refractivity (Wildman–Crippen MR) is 57.9 cm³/mol. The first kappa shape index (κ1) is 11.2. The van der Waals surface area contributed by atoms with Crippen molar-refractivity contribution in [2.45, 2.75) is 19.0 Å². The summed E-state index contributed by atoms with van der Waals surface area (Å²) in [6, 6.07) is 10.1. The average Bonchev–Trinajstić information content (AvgIpc) is 2.26. The van der Waals surface area contributed by atoms with Crippen molar-refractivity contribution >= 4 is 0 Å². The van der Waals surface area contributed by atoms with Gasteiger partial charge >= 0.3 is 0 Å². The van der Waals surface area contributed by atoms with Gasteiger partial charge in [-0.15, -0.1) is 0 Å². The van der Waals surface area contributed by atoms with Gasteiger partial charge in [0.15, 0.2) is 0 Å². The van der Waals surface area contributed by atoms with E-state index in [1.165, 1.54) is 0 Å². The molecule has 3 nitrogen and oxygen atoms in total. The first-order valence-electron chi connectivity index (χ1n) is 4.90. The lowest BCUT2D eigenvalue weighted by Gasteiger charge is -2.20. The molecule has 0 radical (unpaired) electrons. The monoisotopic (exact) mass is 194 g/mol. The van der Waals surface area contributed by atoms with Gasteiger partial charge in [0.2, 0.25) is 0 Å². The van der Waals surface area contributed by atoms with Gasteiger partial charge in [-0.05, 0) is 12.5 Å². The molecule has 1 unspecified atom stereocenters. The van der Waals surface area contributed by atoms with Crippen molar-refractivity contribution in [3.63, 3.8) is 0 Å². The molecule has 0 aliphatic heterocycles. The van der Waals surface area contributed by atoms with Crippen LogP contribution in [0.4, 0.5) is 0 Å². The molecule has 0 aromatic heterocycles. The standard InChI is InChI=1S/C11H18N2O/c1-9(7-12)13-11(8-14)10-5-3-2-4-6-10/h2-6,9,11,13-14H,7-8,12H2,1H3/t9?,11-/m1/s1. The third-order valence-electron chi connectivity index (χ3n) is 2.22. The number of rotatable bonds is 5. The largest absolute Gasteiger partial charge is 0.394 e. The highest BCUT2D eigenvalue weighted by atomic mass is 16.3. The Morgan fingerprint density at radius 1 is 1.36 bits per heavy atom. The van der Waals surface area contributed by atoms with E-state index in [2.05, 4.69) is 5.32 Å². The molecule has 0 fully saturated rings. The molecule has 0 aliphatic rings. The maximum absolute atomic E-state index is 9.22. The lowest BCUT2D eigenvalue weighted by atomic mass is 10.1. The Morgan fingerprint density at radius 3 is 2.50 bits per heavy atom. The van der Waals surface area contributed by atoms with Crippen molar-refractivity contribution in [1.29, 1.82) is 0 Å². The maximum atomic E-state index is 9.22. The summed E-state index contributed by atoms with van der Waals surface area (Å²) in [6.45, 7) is 2.67. The number of nitrogens with two attached hydrogens (primary N) is 1. The third kappa shape index (κ3) is 3.10. The van der Waals surface area contributed by atoms with Crippen molar-refractivity contribution < 1.29 is 5.11 Å². The van der Waals surface area contributed by atoms with E-state index in [1.807, 2.05) is 37.3 Å². The van der Waals surface area contributed by atoms with E-state index in [9.17, 15) is 5.11 Å². The van der Waals surface area contributed by atoms with Crippen LogP contribution < -0.4 is 11.1 Å². The number of hydrogen-bond donors (Lipinski definition) is 3. The SMILES string of the molecule is CC(CN)N[C@H](CO)c1ccccc1. The molecule has 78 valence electrons. The van der Waals surface area contributed by atoms with Gasteiger partial charge in [-0.2, -0.15) is 0 Å². The molecule has 1 aromatic carbocycles. The Kier molecular flexibility index (Phi) is 4.59. The van der Waals surface area contributed by atoms with E-state index in [-0.39, 0.29) is 18.7 Å². The molecule has 0 saturated heterocycles. The van der Waals surface area contributed by atoms with Gasteiger partial charge in [-0.25, -0.2) is 0 Å². The molecule has 0 spiro atoms. The second-order valence-electron chi connectivity index (χ2n) is 3.45. The van der Waals surface area contributed by atoms with Crippen LogP contribution in [0.5, 0.6) is 0 Å². The minimum Gasteiger partial charge on any atom is -0.394 e. The summed E-state index contributed by atoms with van der Waals surface area (Å²) >= 11 is 0. The van der Waals surface area contributed by atoms with E-state index in [0.717, 1.165) is 5.56 Å². The number of hydrogen-bond acceptors (Lipinski definition) is 3. The van der Waals surface area contributed by atoms with Gasteiger partial charge in [0, 0.05) is 12.6 Å². The minimum atomic E-state index is -0.0188. The van der Waals surface area contributed by atoms with Crippen LogP contribution in [-0.4, -0.2) is 24.3 Å². The fourth-order valence-electron chi connectivity index (χ4n) is 1.35. The fraction of sp³-hybridized carbons (Fsp3) is 0.455. The Hall–Kier alpha value is -0.900. The number of aliphatic hydroxyl groups is 1. The van der Waals surface area contributed by atoms with Crippen LogP contribution in [0.15, 0.2) is 30.3 Å². The van der Waals surface area contributed by atoms with Gasteiger partial charge < -0.3 is 16.2 Å². The van der Waals surface area contributed by atoms with Gasteiger partial charge in [0.05, 0.1) is 12.6 Å². The minimum absolute atomic E-state index is 0.0188. The summed E-state index contributed by atoms with van der Waals surface area (Å²) in [5, 5.41) is 12.5. The van der Waals surface area contributed by atoms with Crippen molar-refractivity contribution in [2.75, 3.05) is 13.2 Å².